The van der Waals surface area contributed by atoms with Gasteiger partial charge in [0.15, 0.2) is 0 Å². The molecule has 9 nitrogen and oxygen atoms in total. The van der Waals surface area contributed by atoms with E-state index in [0.29, 0.717) is 11.8 Å². The summed E-state index contributed by atoms with van der Waals surface area (Å²) in [5.74, 6) is -5.26. The summed E-state index contributed by atoms with van der Waals surface area (Å²) in [6.07, 6.45) is 1.22. The van der Waals surface area contributed by atoms with Gasteiger partial charge >= 0.3 is 24.3 Å². The maximum atomic E-state index is 12.6. The van der Waals surface area contributed by atoms with Crippen molar-refractivity contribution in [1.82, 2.24) is 14.8 Å². The molecule has 4 rings (SSSR count). The maximum Gasteiger partial charge on any atom is 0.490 e. The number of amides is 1. The summed E-state index contributed by atoms with van der Waals surface area (Å²) in [5, 5.41) is 14.2. The van der Waals surface area contributed by atoms with Crippen LogP contribution in [0.25, 0.3) is 0 Å². The van der Waals surface area contributed by atoms with Crippen LogP contribution < -0.4 is 0 Å². The van der Waals surface area contributed by atoms with Gasteiger partial charge in [-0.1, -0.05) is 6.07 Å². The molecule has 1 aromatic heterocycles. The molecule has 0 unspecified atom stereocenters. The van der Waals surface area contributed by atoms with E-state index in [0.717, 1.165) is 37.9 Å². The first-order valence-electron chi connectivity index (χ1n) is 12.7. The van der Waals surface area contributed by atoms with E-state index in [4.69, 9.17) is 24.5 Å². The molecule has 15 heteroatoms. The van der Waals surface area contributed by atoms with E-state index >= 15 is 0 Å². The highest BCUT2D eigenvalue weighted by atomic mass is 19.4. The molecule has 0 radical (unpaired) electrons. The molecule has 226 valence electrons. The standard InChI is InChI=1S/C21H31N3O2.2C2HF3O2/c25-20(16-18-2-1-9-22-17-18)24-12-7-21(8-13-24)5-10-23(11-6-21)19-3-14-26-15-4-19;2*3-2(4,5)1(6)7/h1-2,9,17,19H,3-8,10-16H2;2*(H,6,7). The maximum absolute atomic E-state index is 12.6. The van der Waals surface area contributed by atoms with Gasteiger partial charge < -0.3 is 24.7 Å². The van der Waals surface area contributed by atoms with Gasteiger partial charge in [-0.15, -0.1) is 0 Å². The summed E-state index contributed by atoms with van der Waals surface area (Å²) < 4.78 is 69.0. The molecule has 0 aliphatic carbocycles. The number of likely N-dealkylation sites (tertiary alicyclic amines) is 2. The number of piperidine rings is 2. The number of aromatic nitrogens is 1. The van der Waals surface area contributed by atoms with Gasteiger partial charge in [-0.3, -0.25) is 9.78 Å². The molecule has 1 spiro atoms. The van der Waals surface area contributed by atoms with Crippen LogP contribution in [-0.2, 0) is 25.5 Å². The molecular formula is C25H33F6N3O6. The Kier molecular flexibility index (Phi) is 12.2. The van der Waals surface area contributed by atoms with Crippen molar-refractivity contribution in [1.29, 1.82) is 0 Å². The normalized spacial score (nSPS) is 20.0. The van der Waals surface area contributed by atoms with Crippen LogP contribution >= 0.6 is 0 Å². The minimum Gasteiger partial charge on any atom is -0.475 e. The molecule has 40 heavy (non-hydrogen) atoms. The van der Waals surface area contributed by atoms with E-state index in [1.54, 1.807) is 12.4 Å². The zero-order chi connectivity index (χ0) is 30.0. The van der Waals surface area contributed by atoms with Crippen molar-refractivity contribution in [3.05, 3.63) is 30.1 Å². The highest BCUT2D eigenvalue weighted by molar-refractivity contribution is 5.78. The van der Waals surface area contributed by atoms with Crippen molar-refractivity contribution < 1.29 is 55.7 Å². The monoisotopic (exact) mass is 585 g/mol. The largest absolute Gasteiger partial charge is 0.490 e. The number of rotatable bonds is 3. The molecule has 0 atom stereocenters. The lowest BCUT2D eigenvalue weighted by molar-refractivity contribution is -0.193. The smallest absolute Gasteiger partial charge is 0.475 e. The molecule has 4 heterocycles. The molecule has 3 fully saturated rings. The van der Waals surface area contributed by atoms with E-state index in [9.17, 15) is 31.1 Å². The Morgan fingerprint density at radius 1 is 0.900 bits per heavy atom. The molecule has 0 aromatic carbocycles. The highest BCUT2D eigenvalue weighted by Gasteiger charge is 2.40. The lowest BCUT2D eigenvalue weighted by Crippen LogP contribution is -2.51. The second-order valence-corrected chi connectivity index (χ2v) is 9.90. The number of carboxylic acids is 2. The minimum absolute atomic E-state index is 0.257. The van der Waals surface area contributed by atoms with E-state index in [-0.39, 0.29) is 5.91 Å². The van der Waals surface area contributed by atoms with Gasteiger partial charge in [0.05, 0.1) is 6.42 Å². The average molecular weight is 586 g/mol. The third-order valence-electron chi connectivity index (χ3n) is 7.31. The Bertz CT molecular complexity index is 928. The van der Waals surface area contributed by atoms with Crippen molar-refractivity contribution in [2.75, 3.05) is 39.4 Å². The topological polar surface area (TPSA) is 120 Å². The van der Waals surface area contributed by atoms with Crippen molar-refractivity contribution in [2.45, 2.75) is 63.3 Å². The number of hydrogen-bond donors (Lipinski definition) is 2. The van der Waals surface area contributed by atoms with Crippen molar-refractivity contribution in [3.63, 3.8) is 0 Å². The van der Waals surface area contributed by atoms with E-state index in [2.05, 4.69) is 14.8 Å². The van der Waals surface area contributed by atoms with Crippen molar-refractivity contribution >= 4 is 17.8 Å². The van der Waals surface area contributed by atoms with Gasteiger partial charge in [0.1, 0.15) is 0 Å². The summed E-state index contributed by atoms with van der Waals surface area (Å²) in [4.78, 5) is 39.3. The number of carboxylic acid groups (broad SMARTS) is 2. The first kappa shape index (κ1) is 33.3. The van der Waals surface area contributed by atoms with Crippen LogP contribution in [0.15, 0.2) is 24.5 Å². The lowest BCUT2D eigenvalue weighted by Gasteiger charge is -2.49. The van der Waals surface area contributed by atoms with Crippen LogP contribution in [0, 0.1) is 5.41 Å². The second-order valence-electron chi connectivity index (χ2n) is 9.90. The van der Waals surface area contributed by atoms with Crippen molar-refractivity contribution in [3.8, 4) is 0 Å². The Morgan fingerprint density at radius 3 is 1.80 bits per heavy atom. The fraction of sp³-hybridized carbons (Fsp3) is 0.680. The summed E-state index contributed by atoms with van der Waals surface area (Å²) in [6, 6.07) is 4.63. The van der Waals surface area contributed by atoms with Crippen LogP contribution in [0.1, 0.15) is 44.1 Å². The van der Waals surface area contributed by atoms with Gasteiger partial charge in [-0.25, -0.2) is 9.59 Å². The summed E-state index contributed by atoms with van der Waals surface area (Å²) in [5.41, 5.74) is 1.50. The average Bonchev–Trinajstić information content (AvgIpc) is 2.90. The summed E-state index contributed by atoms with van der Waals surface area (Å²) >= 11 is 0. The second kappa shape index (κ2) is 14.6. The minimum atomic E-state index is -5.08. The Labute approximate surface area is 227 Å². The van der Waals surface area contributed by atoms with Gasteiger partial charge in [0, 0.05) is 44.7 Å². The molecule has 3 aliphatic heterocycles. The van der Waals surface area contributed by atoms with Gasteiger partial charge in [0.2, 0.25) is 5.91 Å². The first-order valence-corrected chi connectivity index (χ1v) is 12.7. The third-order valence-corrected chi connectivity index (χ3v) is 7.31. The molecular weight excluding hydrogens is 552 g/mol. The Balaban J connectivity index is 0.000000333. The molecule has 3 aliphatic rings. The fourth-order valence-electron chi connectivity index (χ4n) is 4.93. The molecule has 3 saturated heterocycles. The number of halogens is 6. The SMILES string of the molecule is O=C(Cc1cccnc1)N1CCC2(CC1)CCN(C1CCOCC1)CC2.O=C(O)C(F)(F)F.O=C(O)C(F)(F)F. The number of pyridine rings is 1. The predicted molar refractivity (Wildman–Crippen MR) is 128 cm³/mol. The van der Waals surface area contributed by atoms with Crippen LogP contribution in [0.5, 0.6) is 0 Å². The van der Waals surface area contributed by atoms with Gasteiger partial charge in [-0.05, 0) is 68.7 Å². The lowest BCUT2D eigenvalue weighted by atomic mass is 9.71. The predicted octanol–water partition coefficient (Wildman–Crippen LogP) is 3.77. The van der Waals surface area contributed by atoms with E-state index in [1.165, 1.54) is 51.6 Å². The van der Waals surface area contributed by atoms with E-state index in [1.807, 2.05) is 12.1 Å². The number of alkyl halides is 6. The quantitative estimate of drug-likeness (QED) is 0.515. The summed E-state index contributed by atoms with van der Waals surface area (Å²) in [6.45, 7) is 6.18. The van der Waals surface area contributed by atoms with Gasteiger partial charge in [-0.2, -0.15) is 26.3 Å². The van der Waals surface area contributed by atoms with Crippen molar-refractivity contribution in [2.24, 2.45) is 5.41 Å². The molecule has 0 bridgehead atoms. The Hall–Kier alpha value is -2.94. The molecule has 2 N–H and O–H groups in total. The number of hydrogen-bond acceptors (Lipinski definition) is 6. The van der Waals surface area contributed by atoms with Crippen LogP contribution in [0.4, 0.5) is 26.3 Å². The van der Waals surface area contributed by atoms with Crippen LogP contribution in [-0.4, -0.2) is 101 Å². The fourth-order valence-corrected chi connectivity index (χ4v) is 4.93. The van der Waals surface area contributed by atoms with Crippen LogP contribution in [0.3, 0.4) is 0 Å². The molecule has 0 saturated carbocycles. The zero-order valence-corrected chi connectivity index (χ0v) is 21.7. The summed E-state index contributed by atoms with van der Waals surface area (Å²) in [7, 11) is 0. The first-order chi connectivity index (χ1) is 18.6. The number of ether oxygens (including phenoxy) is 1. The third kappa shape index (κ3) is 10.9. The number of carbonyl (C=O) groups excluding carboxylic acids is 1. The zero-order valence-electron chi connectivity index (χ0n) is 21.7. The van der Waals surface area contributed by atoms with E-state index < -0.39 is 24.3 Å². The Morgan fingerprint density at radius 2 is 1.38 bits per heavy atom. The molecule has 1 amide bonds. The number of carbonyl (C=O) groups is 3. The highest BCUT2D eigenvalue weighted by Crippen LogP contribution is 2.42. The number of aliphatic carboxylic acids is 2. The molecule has 1 aromatic rings. The van der Waals surface area contributed by atoms with Gasteiger partial charge in [0.25, 0.3) is 0 Å². The van der Waals surface area contributed by atoms with Crippen LogP contribution in [0.2, 0.25) is 0 Å². The number of nitrogens with zero attached hydrogens (tertiary/aromatic N) is 3.